The van der Waals surface area contributed by atoms with E-state index in [2.05, 4.69) is 5.32 Å². The molecule has 7 heteroatoms. The summed E-state index contributed by atoms with van der Waals surface area (Å²) in [6, 6.07) is -0.527. The first-order valence-corrected chi connectivity index (χ1v) is 8.18. The maximum Gasteiger partial charge on any atom is 0.321 e. The molecule has 0 amide bonds. The van der Waals surface area contributed by atoms with Gasteiger partial charge in [-0.25, -0.2) is 8.42 Å². The average Bonchev–Trinajstić information content (AvgIpc) is 2.07. The minimum atomic E-state index is -2.95. The van der Waals surface area contributed by atoms with E-state index in [9.17, 15) is 13.2 Å². The minimum Gasteiger partial charge on any atom is -0.480 e. The largest absolute Gasteiger partial charge is 0.480 e. The molecule has 96 valence electrons. The van der Waals surface area contributed by atoms with Gasteiger partial charge in [0, 0.05) is 23.8 Å². The smallest absolute Gasteiger partial charge is 0.321 e. The zero-order chi connectivity index (χ0) is 12.8. The summed E-state index contributed by atoms with van der Waals surface area (Å²) in [6.45, 7) is 3.74. The molecule has 0 aromatic heterocycles. The van der Waals surface area contributed by atoms with E-state index in [1.54, 1.807) is 0 Å². The Morgan fingerprint density at radius 1 is 1.44 bits per heavy atom. The molecule has 0 saturated heterocycles. The number of rotatable bonds is 8. The van der Waals surface area contributed by atoms with Gasteiger partial charge in [-0.15, -0.1) is 0 Å². The zero-order valence-electron chi connectivity index (χ0n) is 9.76. The van der Waals surface area contributed by atoms with Gasteiger partial charge in [-0.2, -0.15) is 11.8 Å². The predicted octanol–water partition coefficient (Wildman–Crippen LogP) is 0.215. The van der Waals surface area contributed by atoms with Gasteiger partial charge in [0.05, 0.1) is 5.75 Å². The molecule has 16 heavy (non-hydrogen) atoms. The van der Waals surface area contributed by atoms with Crippen LogP contribution in [0.3, 0.4) is 0 Å². The van der Waals surface area contributed by atoms with Crippen molar-refractivity contribution in [2.75, 3.05) is 23.5 Å². The Labute approximate surface area is 101 Å². The van der Waals surface area contributed by atoms with Crippen molar-refractivity contribution in [2.24, 2.45) is 0 Å². The van der Waals surface area contributed by atoms with Crippen molar-refractivity contribution >= 4 is 27.6 Å². The number of hydrogen-bond donors (Lipinski definition) is 2. The van der Waals surface area contributed by atoms with Gasteiger partial charge in [0.25, 0.3) is 0 Å². The quantitative estimate of drug-likeness (QED) is 0.613. The predicted molar refractivity (Wildman–Crippen MR) is 66.7 cm³/mol. The summed E-state index contributed by atoms with van der Waals surface area (Å²) in [5.41, 5.74) is 0. The molecule has 0 saturated carbocycles. The number of hydrogen-bond acceptors (Lipinski definition) is 5. The van der Waals surface area contributed by atoms with Crippen molar-refractivity contribution in [2.45, 2.75) is 25.9 Å². The zero-order valence-corrected chi connectivity index (χ0v) is 11.4. The molecule has 1 atom stereocenters. The Kier molecular flexibility index (Phi) is 7.01. The monoisotopic (exact) mass is 269 g/mol. The second-order valence-corrected chi connectivity index (χ2v) is 7.33. The molecular formula is C9H19NO4S2. The Balaban J connectivity index is 3.90. The van der Waals surface area contributed by atoms with Gasteiger partial charge in [0.15, 0.2) is 0 Å². The van der Waals surface area contributed by atoms with Crippen LogP contribution in [0.5, 0.6) is 0 Å². The number of aliphatic carboxylic acids is 1. The fraction of sp³-hybridized carbons (Fsp3) is 0.889. The van der Waals surface area contributed by atoms with Crippen LogP contribution >= 0.6 is 11.8 Å². The lowest BCUT2D eigenvalue weighted by atomic mass is 10.3. The maximum absolute atomic E-state index is 10.8. The lowest BCUT2D eigenvalue weighted by Crippen LogP contribution is -2.42. The first kappa shape index (κ1) is 15.7. The third-order valence-electron chi connectivity index (χ3n) is 1.72. The number of carbonyl (C=O) groups is 1. The molecule has 0 rings (SSSR count). The van der Waals surface area contributed by atoms with Crippen molar-refractivity contribution in [1.29, 1.82) is 0 Å². The van der Waals surface area contributed by atoms with Gasteiger partial charge in [-0.3, -0.25) is 4.79 Å². The second kappa shape index (κ2) is 7.13. The third-order valence-corrected chi connectivity index (χ3v) is 3.98. The third kappa shape index (κ3) is 8.99. The fourth-order valence-electron chi connectivity index (χ4n) is 1.00. The second-order valence-electron chi connectivity index (χ2n) is 3.92. The Hall–Kier alpha value is -0.270. The van der Waals surface area contributed by atoms with Gasteiger partial charge in [0.1, 0.15) is 15.9 Å². The highest BCUT2D eigenvalue weighted by Gasteiger charge is 2.17. The molecule has 0 aliphatic heterocycles. The Morgan fingerprint density at radius 3 is 2.38 bits per heavy atom. The molecule has 0 bridgehead atoms. The highest BCUT2D eigenvalue weighted by atomic mass is 32.2. The van der Waals surface area contributed by atoms with Crippen molar-refractivity contribution in [3.8, 4) is 0 Å². The van der Waals surface area contributed by atoms with E-state index in [-0.39, 0.29) is 11.8 Å². The van der Waals surface area contributed by atoms with E-state index in [1.165, 1.54) is 18.0 Å². The van der Waals surface area contributed by atoms with Gasteiger partial charge >= 0.3 is 5.97 Å². The molecule has 0 heterocycles. The van der Waals surface area contributed by atoms with Crippen molar-refractivity contribution in [3.05, 3.63) is 0 Å². The molecule has 0 aliphatic rings. The van der Waals surface area contributed by atoms with E-state index in [1.807, 2.05) is 13.8 Å². The number of nitrogens with one attached hydrogen (secondary N) is 1. The van der Waals surface area contributed by atoms with E-state index in [0.717, 1.165) is 0 Å². The lowest BCUT2D eigenvalue weighted by Gasteiger charge is -2.16. The highest BCUT2D eigenvalue weighted by Crippen LogP contribution is 2.05. The van der Waals surface area contributed by atoms with Gasteiger partial charge in [0.2, 0.25) is 0 Å². The molecule has 0 spiro atoms. The molecule has 0 radical (unpaired) electrons. The van der Waals surface area contributed by atoms with Crippen LogP contribution in [0.4, 0.5) is 0 Å². The van der Waals surface area contributed by atoms with Crippen molar-refractivity contribution in [3.63, 3.8) is 0 Å². The van der Waals surface area contributed by atoms with Gasteiger partial charge in [-0.05, 0) is 0 Å². The number of thioether (sulfide) groups is 1. The molecule has 1 unspecified atom stereocenters. The first-order chi connectivity index (χ1) is 7.22. The van der Waals surface area contributed by atoms with Crippen LogP contribution in [0.2, 0.25) is 0 Å². The van der Waals surface area contributed by atoms with Crippen LogP contribution < -0.4 is 5.32 Å². The van der Waals surface area contributed by atoms with Crippen molar-refractivity contribution in [1.82, 2.24) is 5.32 Å². The van der Waals surface area contributed by atoms with Gasteiger partial charge < -0.3 is 10.4 Å². The molecule has 0 aromatic rings. The number of carboxylic acids is 1. The fourth-order valence-corrected chi connectivity index (χ4v) is 3.33. The summed E-state index contributed by atoms with van der Waals surface area (Å²) in [5, 5.41) is 11.8. The maximum atomic E-state index is 10.8. The normalized spacial score (nSPS) is 14.0. The number of carboxylic acid groups (broad SMARTS) is 1. The number of sulfone groups is 1. The van der Waals surface area contributed by atoms with Crippen LogP contribution in [0.1, 0.15) is 13.8 Å². The minimum absolute atomic E-state index is 0.0890. The van der Waals surface area contributed by atoms with E-state index < -0.39 is 21.8 Å². The standard InChI is InChI=1S/C9H19NO4S2/c1-7(2)10-8(9(11)12)6-15-4-5-16(3,13)14/h7-8,10H,4-6H2,1-3H3,(H,11,12). The van der Waals surface area contributed by atoms with E-state index in [0.29, 0.717) is 11.5 Å². The molecule has 0 aliphatic carbocycles. The van der Waals surface area contributed by atoms with E-state index >= 15 is 0 Å². The summed E-state index contributed by atoms with van der Waals surface area (Å²) in [4.78, 5) is 10.8. The SMILES string of the molecule is CC(C)NC(CSCCS(C)(=O)=O)C(=O)O. The topological polar surface area (TPSA) is 83.5 Å². The molecule has 2 N–H and O–H groups in total. The summed E-state index contributed by atoms with van der Waals surface area (Å²) in [6.07, 6.45) is 1.18. The summed E-state index contributed by atoms with van der Waals surface area (Å²) in [5.74, 6) is -0.00236. The summed E-state index contributed by atoms with van der Waals surface area (Å²) in [7, 11) is -2.95. The highest BCUT2D eigenvalue weighted by molar-refractivity contribution is 8.00. The summed E-state index contributed by atoms with van der Waals surface area (Å²) < 4.78 is 21.7. The first-order valence-electron chi connectivity index (χ1n) is 4.96. The van der Waals surface area contributed by atoms with Crippen LogP contribution in [0.25, 0.3) is 0 Å². The van der Waals surface area contributed by atoms with Crippen molar-refractivity contribution < 1.29 is 18.3 Å². The average molecular weight is 269 g/mol. The molecule has 5 nitrogen and oxygen atoms in total. The van der Waals surface area contributed by atoms with Gasteiger partial charge in [-0.1, -0.05) is 13.8 Å². The van der Waals surface area contributed by atoms with Crippen LogP contribution in [-0.4, -0.2) is 55.1 Å². The summed E-state index contributed by atoms with van der Waals surface area (Å²) >= 11 is 1.34. The molecular weight excluding hydrogens is 250 g/mol. The Morgan fingerprint density at radius 2 is 2.00 bits per heavy atom. The van der Waals surface area contributed by atoms with Crippen LogP contribution in [-0.2, 0) is 14.6 Å². The lowest BCUT2D eigenvalue weighted by molar-refractivity contribution is -0.139. The van der Waals surface area contributed by atoms with Crippen LogP contribution in [0.15, 0.2) is 0 Å². The van der Waals surface area contributed by atoms with E-state index in [4.69, 9.17) is 5.11 Å². The molecule has 0 aromatic carbocycles. The molecule has 0 fully saturated rings. The van der Waals surface area contributed by atoms with Crippen LogP contribution in [0, 0.1) is 0 Å². The Bertz CT molecular complexity index is 313.